The molecule has 0 amide bonds. The lowest BCUT2D eigenvalue weighted by molar-refractivity contribution is -0.171. The molecule has 0 aromatic heterocycles. The first-order valence-electron chi connectivity index (χ1n) is 9.45. The highest BCUT2D eigenvalue weighted by molar-refractivity contribution is 6.30. The minimum atomic E-state index is -4.62. The molecule has 0 saturated carbocycles. The van der Waals surface area contributed by atoms with Crippen molar-refractivity contribution >= 4 is 23.5 Å². The third-order valence-corrected chi connectivity index (χ3v) is 5.37. The van der Waals surface area contributed by atoms with Gasteiger partial charge in [0.15, 0.2) is 5.41 Å². The van der Waals surface area contributed by atoms with E-state index in [1.165, 1.54) is 30.3 Å². The number of halogens is 4. The van der Waals surface area contributed by atoms with E-state index in [9.17, 15) is 22.8 Å². The van der Waals surface area contributed by atoms with E-state index in [1.807, 2.05) is 0 Å². The van der Waals surface area contributed by atoms with E-state index in [-0.39, 0.29) is 37.2 Å². The summed E-state index contributed by atoms with van der Waals surface area (Å²) in [5.41, 5.74) is -1.47. The second-order valence-corrected chi connectivity index (χ2v) is 7.48. The van der Waals surface area contributed by atoms with Crippen molar-refractivity contribution in [2.45, 2.75) is 32.9 Å². The number of esters is 2. The number of hydrogen-bond donors (Lipinski definition) is 0. The van der Waals surface area contributed by atoms with Crippen LogP contribution in [0.2, 0.25) is 5.02 Å². The molecule has 0 spiro atoms. The first-order chi connectivity index (χ1) is 14.1. The predicted molar refractivity (Wildman–Crippen MR) is 105 cm³/mol. The number of alkyl halides is 3. The Morgan fingerprint density at radius 3 is 1.93 bits per heavy atom. The van der Waals surface area contributed by atoms with E-state index in [0.29, 0.717) is 16.1 Å². The smallest absolute Gasteiger partial charge is 0.417 e. The lowest BCUT2D eigenvalue weighted by atomic mass is 9.84. The summed E-state index contributed by atoms with van der Waals surface area (Å²) in [7, 11) is 0. The van der Waals surface area contributed by atoms with Crippen molar-refractivity contribution < 1.29 is 32.2 Å². The lowest BCUT2D eigenvalue weighted by Crippen LogP contribution is -2.43. The van der Waals surface area contributed by atoms with Crippen LogP contribution in [0, 0.1) is 5.41 Å². The van der Waals surface area contributed by atoms with Gasteiger partial charge >= 0.3 is 18.1 Å². The average molecular weight is 441 g/mol. The van der Waals surface area contributed by atoms with Crippen LogP contribution < -0.4 is 0 Å². The SMILES string of the molecule is CCOC(=O)C1(C(=O)OCC)Cc2cc(-c3ccc(Cl)cc3)c(C(F)(F)F)cc2C1. The van der Waals surface area contributed by atoms with Gasteiger partial charge in [0.2, 0.25) is 0 Å². The highest BCUT2D eigenvalue weighted by Gasteiger charge is 2.53. The zero-order valence-electron chi connectivity index (χ0n) is 16.4. The average Bonchev–Trinajstić information content (AvgIpc) is 3.07. The van der Waals surface area contributed by atoms with E-state index in [4.69, 9.17) is 21.1 Å². The Morgan fingerprint density at radius 1 is 0.967 bits per heavy atom. The normalized spacial score (nSPS) is 14.9. The molecule has 2 aromatic carbocycles. The summed E-state index contributed by atoms with van der Waals surface area (Å²) in [6.07, 6.45) is -4.91. The van der Waals surface area contributed by atoms with Crippen LogP contribution in [0.1, 0.15) is 30.5 Å². The molecule has 30 heavy (non-hydrogen) atoms. The number of fused-ring (bicyclic) bond motifs is 1. The molecule has 160 valence electrons. The van der Waals surface area contributed by atoms with Crippen molar-refractivity contribution in [1.29, 1.82) is 0 Å². The van der Waals surface area contributed by atoms with Crippen molar-refractivity contribution in [2.75, 3.05) is 13.2 Å². The van der Waals surface area contributed by atoms with E-state index >= 15 is 0 Å². The fraction of sp³-hybridized carbons (Fsp3) is 0.364. The van der Waals surface area contributed by atoms with Gasteiger partial charge in [-0.05, 0) is 67.1 Å². The Bertz CT molecular complexity index is 950. The molecule has 4 nitrogen and oxygen atoms in total. The molecule has 0 heterocycles. The standard InChI is InChI=1S/C22H20ClF3O4/c1-3-29-19(27)21(20(28)30-4-2)11-14-9-17(13-5-7-16(23)8-6-13)18(22(24,25)26)10-15(14)12-21/h5-10H,3-4,11-12H2,1-2H3. The third-order valence-electron chi connectivity index (χ3n) is 5.12. The number of carbonyl (C=O) groups excluding carboxylic acids is 2. The Balaban J connectivity index is 2.14. The summed E-state index contributed by atoms with van der Waals surface area (Å²) in [5.74, 6) is -1.58. The van der Waals surface area contributed by atoms with Crippen LogP contribution >= 0.6 is 11.6 Å². The van der Waals surface area contributed by atoms with Crippen molar-refractivity contribution in [3.8, 4) is 11.1 Å². The second-order valence-electron chi connectivity index (χ2n) is 7.05. The Kier molecular flexibility index (Phi) is 6.13. The molecule has 0 N–H and O–H groups in total. The van der Waals surface area contributed by atoms with Gasteiger partial charge in [0, 0.05) is 5.02 Å². The number of rotatable bonds is 5. The molecule has 1 aliphatic carbocycles. The molecule has 0 saturated heterocycles. The predicted octanol–water partition coefficient (Wildman–Crippen LogP) is 5.24. The van der Waals surface area contributed by atoms with E-state index in [0.717, 1.165) is 6.07 Å². The summed E-state index contributed by atoms with van der Waals surface area (Å²) in [6, 6.07) is 8.41. The van der Waals surface area contributed by atoms with Gasteiger partial charge in [0.05, 0.1) is 18.8 Å². The number of hydrogen-bond acceptors (Lipinski definition) is 4. The zero-order chi connectivity index (χ0) is 22.1. The van der Waals surface area contributed by atoms with E-state index in [2.05, 4.69) is 0 Å². The Hall–Kier alpha value is -2.54. The quantitative estimate of drug-likeness (QED) is 0.471. The molecular weight excluding hydrogens is 421 g/mol. The number of ether oxygens (including phenoxy) is 2. The van der Waals surface area contributed by atoms with Crippen molar-refractivity contribution in [1.82, 2.24) is 0 Å². The first kappa shape index (κ1) is 22.2. The minimum Gasteiger partial charge on any atom is -0.465 e. The summed E-state index contributed by atoms with van der Waals surface area (Å²) in [6.45, 7) is 3.28. The maximum Gasteiger partial charge on any atom is 0.417 e. The van der Waals surface area contributed by atoms with Crippen LogP contribution in [0.15, 0.2) is 36.4 Å². The Morgan fingerprint density at radius 2 is 1.47 bits per heavy atom. The molecular formula is C22H20ClF3O4. The maximum atomic E-state index is 13.8. The van der Waals surface area contributed by atoms with Gasteiger partial charge in [-0.15, -0.1) is 0 Å². The van der Waals surface area contributed by atoms with Gasteiger partial charge in [-0.1, -0.05) is 29.8 Å². The van der Waals surface area contributed by atoms with Crippen molar-refractivity contribution in [2.24, 2.45) is 5.41 Å². The molecule has 2 aromatic rings. The van der Waals surface area contributed by atoms with Crippen LogP contribution in [-0.4, -0.2) is 25.2 Å². The highest BCUT2D eigenvalue weighted by atomic mass is 35.5. The van der Waals surface area contributed by atoms with Crippen LogP contribution in [0.25, 0.3) is 11.1 Å². The van der Waals surface area contributed by atoms with Crippen LogP contribution in [0.4, 0.5) is 13.2 Å². The van der Waals surface area contributed by atoms with Crippen LogP contribution in [0.5, 0.6) is 0 Å². The van der Waals surface area contributed by atoms with Crippen molar-refractivity contribution in [3.63, 3.8) is 0 Å². The number of benzene rings is 2. The third kappa shape index (κ3) is 4.03. The molecule has 0 bridgehead atoms. The topological polar surface area (TPSA) is 52.6 Å². The molecule has 0 aliphatic heterocycles. The monoisotopic (exact) mass is 440 g/mol. The minimum absolute atomic E-state index is 0.0403. The summed E-state index contributed by atoms with van der Waals surface area (Å²) < 4.78 is 51.6. The first-order valence-corrected chi connectivity index (χ1v) is 9.83. The van der Waals surface area contributed by atoms with E-state index < -0.39 is 29.1 Å². The molecule has 0 fully saturated rings. The van der Waals surface area contributed by atoms with Gasteiger partial charge in [-0.2, -0.15) is 13.2 Å². The van der Waals surface area contributed by atoms with Gasteiger partial charge in [-0.3, -0.25) is 9.59 Å². The summed E-state index contributed by atoms with van der Waals surface area (Å²) >= 11 is 5.86. The van der Waals surface area contributed by atoms with E-state index in [1.54, 1.807) is 13.8 Å². The lowest BCUT2D eigenvalue weighted by Gasteiger charge is -2.23. The highest BCUT2D eigenvalue weighted by Crippen LogP contribution is 2.45. The fourth-order valence-electron chi connectivity index (χ4n) is 3.74. The summed E-state index contributed by atoms with van der Waals surface area (Å²) in [5, 5.41) is 0.400. The number of carbonyl (C=O) groups is 2. The molecule has 0 radical (unpaired) electrons. The van der Waals surface area contributed by atoms with Gasteiger partial charge in [-0.25, -0.2) is 0 Å². The molecule has 0 atom stereocenters. The van der Waals surface area contributed by atoms with Gasteiger partial charge < -0.3 is 9.47 Å². The molecule has 3 rings (SSSR count). The van der Waals surface area contributed by atoms with Gasteiger partial charge in [0.25, 0.3) is 0 Å². The molecule has 8 heteroatoms. The molecule has 1 aliphatic rings. The Labute approximate surface area is 176 Å². The van der Waals surface area contributed by atoms with Gasteiger partial charge in [0.1, 0.15) is 0 Å². The summed E-state index contributed by atoms with van der Waals surface area (Å²) in [4.78, 5) is 25.3. The zero-order valence-corrected chi connectivity index (χ0v) is 17.2. The fourth-order valence-corrected chi connectivity index (χ4v) is 3.87. The van der Waals surface area contributed by atoms with Crippen LogP contribution in [-0.2, 0) is 38.1 Å². The van der Waals surface area contributed by atoms with Crippen LogP contribution in [0.3, 0.4) is 0 Å². The largest absolute Gasteiger partial charge is 0.465 e. The second kappa shape index (κ2) is 8.30. The molecule has 0 unspecified atom stereocenters. The maximum absolute atomic E-state index is 13.8. The van der Waals surface area contributed by atoms with Crippen molar-refractivity contribution in [3.05, 3.63) is 58.1 Å².